The van der Waals surface area contributed by atoms with Crippen molar-refractivity contribution in [3.8, 4) is 11.5 Å². The zero-order valence-corrected chi connectivity index (χ0v) is 12.0. The van der Waals surface area contributed by atoms with Gasteiger partial charge in [0.15, 0.2) is 0 Å². The molecule has 1 aromatic carbocycles. The molecule has 1 saturated carbocycles. The number of benzene rings is 1. The first-order valence-electron chi connectivity index (χ1n) is 6.93. The lowest BCUT2D eigenvalue weighted by Gasteiger charge is -2.21. The van der Waals surface area contributed by atoms with Crippen LogP contribution in [0.4, 0.5) is 0 Å². The van der Waals surface area contributed by atoms with Gasteiger partial charge in [-0.1, -0.05) is 11.6 Å². The van der Waals surface area contributed by atoms with Gasteiger partial charge in [0.05, 0.1) is 7.11 Å². The van der Waals surface area contributed by atoms with E-state index in [0.29, 0.717) is 5.02 Å². The quantitative estimate of drug-likeness (QED) is 0.899. The number of rotatable bonds is 5. The van der Waals surface area contributed by atoms with Crippen molar-refractivity contribution < 1.29 is 9.47 Å². The third kappa shape index (κ3) is 3.15. The SMILES string of the molecule is COc1cc(Cl)cc(OC2(CC3CCNC3)CC2)c1. The smallest absolute Gasteiger partial charge is 0.125 e. The summed E-state index contributed by atoms with van der Waals surface area (Å²) in [6.45, 7) is 2.27. The maximum Gasteiger partial charge on any atom is 0.125 e. The maximum absolute atomic E-state index is 6.21. The van der Waals surface area contributed by atoms with Gasteiger partial charge in [0.2, 0.25) is 0 Å². The molecule has 2 fully saturated rings. The van der Waals surface area contributed by atoms with Crippen LogP contribution in [0, 0.1) is 5.92 Å². The van der Waals surface area contributed by atoms with E-state index in [9.17, 15) is 0 Å². The number of hydrogen-bond acceptors (Lipinski definition) is 3. The minimum Gasteiger partial charge on any atom is -0.497 e. The summed E-state index contributed by atoms with van der Waals surface area (Å²) in [4.78, 5) is 0. The highest BCUT2D eigenvalue weighted by Gasteiger charge is 2.47. The van der Waals surface area contributed by atoms with Gasteiger partial charge in [0, 0.05) is 11.1 Å². The fourth-order valence-corrected chi connectivity index (χ4v) is 3.08. The van der Waals surface area contributed by atoms with E-state index in [1.807, 2.05) is 12.1 Å². The van der Waals surface area contributed by atoms with Crippen molar-refractivity contribution >= 4 is 11.6 Å². The molecule has 3 rings (SSSR count). The first kappa shape index (κ1) is 13.1. The number of nitrogens with one attached hydrogen (secondary N) is 1. The van der Waals surface area contributed by atoms with Gasteiger partial charge in [-0.05, 0) is 56.8 Å². The second-order valence-corrected chi connectivity index (χ2v) is 6.11. The minimum absolute atomic E-state index is 0.0480. The highest BCUT2D eigenvalue weighted by Crippen LogP contribution is 2.46. The van der Waals surface area contributed by atoms with Crippen LogP contribution in [0.25, 0.3) is 0 Å². The largest absolute Gasteiger partial charge is 0.497 e. The monoisotopic (exact) mass is 281 g/mol. The second kappa shape index (κ2) is 5.22. The summed E-state index contributed by atoms with van der Waals surface area (Å²) in [5, 5.41) is 4.08. The Morgan fingerprint density at radius 2 is 2.11 bits per heavy atom. The van der Waals surface area contributed by atoms with Crippen molar-refractivity contribution in [2.45, 2.75) is 31.3 Å². The van der Waals surface area contributed by atoms with Crippen molar-refractivity contribution in [1.29, 1.82) is 0 Å². The lowest BCUT2D eigenvalue weighted by atomic mass is 9.99. The molecule has 1 heterocycles. The Bertz CT molecular complexity index is 453. The highest BCUT2D eigenvalue weighted by molar-refractivity contribution is 6.30. The Morgan fingerprint density at radius 1 is 1.32 bits per heavy atom. The van der Waals surface area contributed by atoms with E-state index in [1.54, 1.807) is 13.2 Å². The molecule has 3 nitrogen and oxygen atoms in total. The number of halogens is 1. The molecule has 1 N–H and O–H groups in total. The van der Waals surface area contributed by atoms with Gasteiger partial charge < -0.3 is 14.8 Å². The maximum atomic E-state index is 6.21. The van der Waals surface area contributed by atoms with Crippen molar-refractivity contribution in [2.75, 3.05) is 20.2 Å². The predicted molar refractivity (Wildman–Crippen MR) is 76.2 cm³/mol. The first-order valence-corrected chi connectivity index (χ1v) is 7.31. The summed E-state index contributed by atoms with van der Waals surface area (Å²) in [6, 6.07) is 5.59. The molecule has 0 bridgehead atoms. The molecule has 0 radical (unpaired) electrons. The Morgan fingerprint density at radius 3 is 2.74 bits per heavy atom. The van der Waals surface area contributed by atoms with Crippen molar-refractivity contribution in [2.24, 2.45) is 5.92 Å². The van der Waals surface area contributed by atoms with Crippen LogP contribution < -0.4 is 14.8 Å². The predicted octanol–water partition coefficient (Wildman–Crippen LogP) is 3.26. The van der Waals surface area contributed by atoms with E-state index in [4.69, 9.17) is 21.1 Å². The molecule has 1 saturated heterocycles. The molecule has 19 heavy (non-hydrogen) atoms. The van der Waals surface area contributed by atoms with E-state index in [1.165, 1.54) is 6.42 Å². The lowest BCUT2D eigenvalue weighted by molar-refractivity contribution is 0.147. The van der Waals surface area contributed by atoms with Crippen LogP contribution in [0.2, 0.25) is 5.02 Å². The highest BCUT2D eigenvalue weighted by atomic mass is 35.5. The zero-order valence-electron chi connectivity index (χ0n) is 11.2. The van der Waals surface area contributed by atoms with Gasteiger partial charge in [-0.25, -0.2) is 0 Å². The van der Waals surface area contributed by atoms with Gasteiger partial charge in [-0.15, -0.1) is 0 Å². The molecule has 1 unspecified atom stereocenters. The van der Waals surface area contributed by atoms with Crippen LogP contribution in [0.1, 0.15) is 25.7 Å². The van der Waals surface area contributed by atoms with Crippen molar-refractivity contribution in [3.63, 3.8) is 0 Å². The van der Waals surface area contributed by atoms with Crippen molar-refractivity contribution in [3.05, 3.63) is 23.2 Å². The molecule has 1 aliphatic heterocycles. The van der Waals surface area contributed by atoms with E-state index < -0.39 is 0 Å². The summed E-state index contributed by atoms with van der Waals surface area (Å²) in [5.74, 6) is 2.33. The topological polar surface area (TPSA) is 30.5 Å². The second-order valence-electron chi connectivity index (χ2n) is 5.67. The molecule has 2 aliphatic rings. The minimum atomic E-state index is 0.0480. The van der Waals surface area contributed by atoms with Crippen LogP contribution >= 0.6 is 11.6 Å². The Kier molecular flexibility index (Phi) is 3.59. The van der Waals surface area contributed by atoms with Gasteiger partial charge in [0.25, 0.3) is 0 Å². The zero-order chi connectivity index (χ0) is 13.3. The summed E-state index contributed by atoms with van der Waals surface area (Å²) in [6.07, 6.45) is 4.72. The molecule has 0 amide bonds. The molecular formula is C15H20ClNO2. The molecule has 104 valence electrons. The van der Waals surface area contributed by atoms with Crippen LogP contribution in [0.5, 0.6) is 11.5 Å². The number of methoxy groups -OCH3 is 1. The Hall–Kier alpha value is -0.930. The summed E-state index contributed by atoms with van der Waals surface area (Å²) in [5.41, 5.74) is 0.0480. The molecule has 4 heteroatoms. The fourth-order valence-electron chi connectivity index (χ4n) is 2.87. The van der Waals surface area contributed by atoms with E-state index in [0.717, 1.165) is 49.8 Å². The van der Waals surface area contributed by atoms with E-state index in [2.05, 4.69) is 5.32 Å². The molecule has 0 aromatic heterocycles. The van der Waals surface area contributed by atoms with Crippen LogP contribution in [0.3, 0.4) is 0 Å². The van der Waals surface area contributed by atoms with E-state index >= 15 is 0 Å². The average molecular weight is 282 g/mol. The molecule has 0 spiro atoms. The third-order valence-electron chi connectivity index (χ3n) is 4.05. The van der Waals surface area contributed by atoms with Gasteiger partial charge >= 0.3 is 0 Å². The Labute approximate surface area is 119 Å². The third-order valence-corrected chi connectivity index (χ3v) is 4.26. The number of hydrogen-bond donors (Lipinski definition) is 1. The first-order chi connectivity index (χ1) is 9.19. The van der Waals surface area contributed by atoms with Gasteiger partial charge in [-0.3, -0.25) is 0 Å². The van der Waals surface area contributed by atoms with E-state index in [-0.39, 0.29) is 5.60 Å². The molecular weight excluding hydrogens is 262 g/mol. The summed E-state index contributed by atoms with van der Waals surface area (Å²) < 4.78 is 11.4. The Balaban J connectivity index is 1.68. The molecule has 1 aliphatic carbocycles. The molecule has 1 aromatic rings. The molecule has 1 atom stereocenters. The van der Waals surface area contributed by atoms with Crippen LogP contribution in [-0.4, -0.2) is 25.8 Å². The van der Waals surface area contributed by atoms with Crippen LogP contribution in [0.15, 0.2) is 18.2 Å². The van der Waals surface area contributed by atoms with Gasteiger partial charge in [0.1, 0.15) is 17.1 Å². The van der Waals surface area contributed by atoms with Gasteiger partial charge in [-0.2, -0.15) is 0 Å². The number of ether oxygens (including phenoxy) is 2. The summed E-state index contributed by atoms with van der Waals surface area (Å²) >= 11 is 6.08. The fraction of sp³-hybridized carbons (Fsp3) is 0.600. The van der Waals surface area contributed by atoms with Crippen molar-refractivity contribution in [1.82, 2.24) is 5.32 Å². The average Bonchev–Trinajstić information content (AvgIpc) is 2.92. The summed E-state index contributed by atoms with van der Waals surface area (Å²) in [7, 11) is 1.65. The van der Waals surface area contributed by atoms with Crippen LogP contribution in [-0.2, 0) is 0 Å². The normalized spacial score (nSPS) is 24.2. The standard InChI is InChI=1S/C15H20ClNO2/c1-18-13-6-12(16)7-14(8-13)19-15(3-4-15)9-11-2-5-17-10-11/h6-8,11,17H,2-5,9-10H2,1H3. The lowest BCUT2D eigenvalue weighted by Crippen LogP contribution is -2.23.